The third kappa shape index (κ3) is 3.66. The maximum Gasteiger partial charge on any atom is 0.0572 e. The number of hydrogen-bond donors (Lipinski definition) is 0. The van der Waals surface area contributed by atoms with Crippen LogP contribution in [0.2, 0.25) is 0 Å². The first-order chi connectivity index (χ1) is 7.78. The molecule has 1 nitrogen and oxygen atoms in total. The van der Waals surface area contributed by atoms with Crippen molar-refractivity contribution in [2.75, 3.05) is 7.11 Å². The average molecular weight is 242 g/mol. The van der Waals surface area contributed by atoms with Crippen molar-refractivity contribution in [3.05, 3.63) is 0 Å². The van der Waals surface area contributed by atoms with Gasteiger partial charge in [-0.15, -0.1) is 0 Å². The predicted octanol–water partition coefficient (Wildman–Crippen LogP) is 4.26. The molecule has 0 amide bonds. The summed E-state index contributed by atoms with van der Waals surface area (Å²) < 4.78 is 5.43. The molecule has 2 rings (SSSR count). The molecule has 0 saturated heterocycles. The minimum absolute atomic E-state index is 0.559. The number of ether oxygens (including phenoxy) is 1. The Kier molecular flexibility index (Phi) is 5.02. The zero-order valence-electron chi connectivity index (χ0n) is 10.8. The molecule has 0 unspecified atom stereocenters. The monoisotopic (exact) mass is 242 g/mol. The lowest BCUT2D eigenvalue weighted by atomic mass is 9.91. The molecular weight excluding hydrogens is 216 g/mol. The summed E-state index contributed by atoms with van der Waals surface area (Å²) in [7, 11) is 1.86. The van der Waals surface area contributed by atoms with Gasteiger partial charge in [0.2, 0.25) is 0 Å². The minimum Gasteiger partial charge on any atom is -0.381 e. The van der Waals surface area contributed by atoms with Gasteiger partial charge in [-0.1, -0.05) is 6.92 Å². The Morgan fingerprint density at radius 3 is 1.81 bits per heavy atom. The Labute approximate surface area is 105 Å². The lowest BCUT2D eigenvalue weighted by Gasteiger charge is -2.32. The highest BCUT2D eigenvalue weighted by Crippen LogP contribution is 2.38. The Bertz CT molecular complexity index is 191. The predicted molar refractivity (Wildman–Crippen MR) is 72.1 cm³/mol. The van der Waals surface area contributed by atoms with E-state index in [-0.39, 0.29) is 0 Å². The second-order valence-electron chi connectivity index (χ2n) is 5.65. The maximum absolute atomic E-state index is 5.43. The standard InChI is InChI=1S/C14H26OS/c1-11-3-7-13(8-4-11)16-14-9-5-12(15-2)6-10-14/h11-14H,3-10H2,1-2H3. The first-order valence-corrected chi connectivity index (χ1v) is 7.90. The molecule has 2 fully saturated rings. The maximum atomic E-state index is 5.43. The van der Waals surface area contributed by atoms with Crippen LogP contribution in [-0.4, -0.2) is 23.7 Å². The number of rotatable bonds is 3. The van der Waals surface area contributed by atoms with Crippen molar-refractivity contribution in [1.82, 2.24) is 0 Å². The van der Waals surface area contributed by atoms with Gasteiger partial charge >= 0.3 is 0 Å². The van der Waals surface area contributed by atoms with Crippen LogP contribution >= 0.6 is 11.8 Å². The van der Waals surface area contributed by atoms with Crippen molar-refractivity contribution in [2.24, 2.45) is 5.92 Å². The van der Waals surface area contributed by atoms with Gasteiger partial charge in [-0.2, -0.15) is 11.8 Å². The molecule has 2 aliphatic carbocycles. The summed E-state index contributed by atoms with van der Waals surface area (Å²) in [6.45, 7) is 2.41. The van der Waals surface area contributed by atoms with Crippen LogP contribution in [0.3, 0.4) is 0 Å². The van der Waals surface area contributed by atoms with Crippen molar-refractivity contribution in [3.63, 3.8) is 0 Å². The van der Waals surface area contributed by atoms with Crippen LogP contribution in [-0.2, 0) is 4.74 Å². The van der Waals surface area contributed by atoms with Gasteiger partial charge in [0.05, 0.1) is 6.10 Å². The molecule has 0 aromatic rings. The molecule has 16 heavy (non-hydrogen) atoms. The molecule has 0 aliphatic heterocycles. The van der Waals surface area contributed by atoms with E-state index in [4.69, 9.17) is 4.74 Å². The van der Waals surface area contributed by atoms with Gasteiger partial charge in [-0.3, -0.25) is 0 Å². The lowest BCUT2D eigenvalue weighted by molar-refractivity contribution is 0.0723. The highest BCUT2D eigenvalue weighted by atomic mass is 32.2. The second-order valence-corrected chi connectivity index (χ2v) is 7.26. The largest absolute Gasteiger partial charge is 0.381 e. The highest BCUT2D eigenvalue weighted by molar-refractivity contribution is 8.00. The quantitative estimate of drug-likeness (QED) is 0.731. The molecule has 0 spiro atoms. The number of thioether (sulfide) groups is 1. The van der Waals surface area contributed by atoms with Crippen LogP contribution in [0.4, 0.5) is 0 Å². The summed E-state index contributed by atoms with van der Waals surface area (Å²) in [5.41, 5.74) is 0. The fraction of sp³-hybridized carbons (Fsp3) is 1.00. The molecule has 0 aromatic carbocycles. The summed E-state index contributed by atoms with van der Waals surface area (Å²) >= 11 is 2.30. The third-order valence-corrected chi connectivity index (χ3v) is 6.01. The van der Waals surface area contributed by atoms with E-state index in [9.17, 15) is 0 Å². The third-order valence-electron chi connectivity index (χ3n) is 4.30. The first-order valence-electron chi connectivity index (χ1n) is 6.96. The van der Waals surface area contributed by atoms with Gasteiger partial charge in [0.15, 0.2) is 0 Å². The molecule has 0 N–H and O–H groups in total. The van der Waals surface area contributed by atoms with Crippen molar-refractivity contribution in [1.29, 1.82) is 0 Å². The Morgan fingerprint density at radius 1 is 0.812 bits per heavy atom. The van der Waals surface area contributed by atoms with E-state index in [1.165, 1.54) is 51.4 Å². The lowest BCUT2D eigenvalue weighted by Crippen LogP contribution is -2.24. The van der Waals surface area contributed by atoms with Crippen LogP contribution in [0, 0.1) is 5.92 Å². The van der Waals surface area contributed by atoms with E-state index in [2.05, 4.69) is 18.7 Å². The summed E-state index contributed by atoms with van der Waals surface area (Å²) in [5.74, 6) is 0.987. The van der Waals surface area contributed by atoms with E-state index >= 15 is 0 Å². The van der Waals surface area contributed by atoms with Gasteiger partial charge in [0.25, 0.3) is 0 Å². The molecule has 0 heterocycles. The summed E-state index contributed by atoms with van der Waals surface area (Å²) in [4.78, 5) is 0. The molecule has 2 heteroatoms. The van der Waals surface area contributed by atoms with Crippen molar-refractivity contribution in [2.45, 2.75) is 74.9 Å². The zero-order chi connectivity index (χ0) is 11.4. The van der Waals surface area contributed by atoms with Gasteiger partial charge in [0, 0.05) is 17.6 Å². The summed E-state index contributed by atoms with van der Waals surface area (Å²) in [5, 5.41) is 1.91. The van der Waals surface area contributed by atoms with Gasteiger partial charge in [-0.25, -0.2) is 0 Å². The summed E-state index contributed by atoms with van der Waals surface area (Å²) in [6, 6.07) is 0. The molecule has 2 aliphatic rings. The van der Waals surface area contributed by atoms with Gasteiger partial charge in [0.1, 0.15) is 0 Å². The van der Waals surface area contributed by atoms with Crippen molar-refractivity contribution >= 4 is 11.8 Å². The van der Waals surface area contributed by atoms with E-state index in [1.54, 1.807) is 0 Å². The minimum atomic E-state index is 0.559. The topological polar surface area (TPSA) is 9.23 Å². The molecule has 2 saturated carbocycles. The SMILES string of the molecule is COC1CCC(SC2CCC(C)CC2)CC1. The molecule has 0 aromatic heterocycles. The second kappa shape index (κ2) is 6.30. The van der Waals surface area contributed by atoms with E-state index in [1.807, 2.05) is 7.11 Å². The summed E-state index contributed by atoms with van der Waals surface area (Å²) in [6.07, 6.45) is 11.8. The van der Waals surface area contributed by atoms with Crippen LogP contribution in [0.15, 0.2) is 0 Å². The molecule has 0 radical (unpaired) electrons. The van der Waals surface area contributed by atoms with Crippen LogP contribution in [0.5, 0.6) is 0 Å². The Morgan fingerprint density at radius 2 is 1.31 bits per heavy atom. The molecular formula is C14H26OS. The normalized spacial score (nSPS) is 40.9. The highest BCUT2D eigenvalue weighted by Gasteiger charge is 2.26. The van der Waals surface area contributed by atoms with E-state index in [0.29, 0.717) is 6.10 Å². The fourth-order valence-electron chi connectivity index (χ4n) is 3.04. The van der Waals surface area contributed by atoms with Crippen molar-refractivity contribution < 1.29 is 4.74 Å². The molecule has 94 valence electrons. The van der Waals surface area contributed by atoms with Crippen LogP contribution < -0.4 is 0 Å². The Balaban J connectivity index is 1.66. The molecule has 0 bridgehead atoms. The van der Waals surface area contributed by atoms with Gasteiger partial charge in [-0.05, 0) is 57.3 Å². The zero-order valence-corrected chi connectivity index (χ0v) is 11.6. The number of methoxy groups -OCH3 is 1. The first kappa shape index (κ1) is 12.8. The Hall–Kier alpha value is 0.310. The number of hydrogen-bond acceptors (Lipinski definition) is 2. The molecule has 0 atom stereocenters. The van der Waals surface area contributed by atoms with Crippen LogP contribution in [0.1, 0.15) is 58.3 Å². The van der Waals surface area contributed by atoms with Crippen LogP contribution in [0.25, 0.3) is 0 Å². The van der Waals surface area contributed by atoms with E-state index < -0.39 is 0 Å². The van der Waals surface area contributed by atoms with Crippen molar-refractivity contribution in [3.8, 4) is 0 Å². The van der Waals surface area contributed by atoms with Gasteiger partial charge < -0.3 is 4.74 Å². The average Bonchev–Trinajstić information content (AvgIpc) is 2.33. The smallest absolute Gasteiger partial charge is 0.0572 e. The fourth-order valence-corrected chi connectivity index (χ4v) is 4.67. The van der Waals surface area contributed by atoms with E-state index in [0.717, 1.165) is 16.4 Å².